The van der Waals surface area contributed by atoms with E-state index < -0.39 is 5.24 Å². The van der Waals surface area contributed by atoms with Crippen molar-refractivity contribution in [3.05, 3.63) is 29.8 Å². The lowest BCUT2D eigenvalue weighted by molar-refractivity contribution is -0.134. The van der Waals surface area contributed by atoms with Crippen LogP contribution in [0, 0.1) is 0 Å². The number of halogens is 1. The summed E-state index contributed by atoms with van der Waals surface area (Å²) in [4.78, 5) is 38.2. The molecule has 0 radical (unpaired) electrons. The SMILES string of the molecule is O=C(Cl)c1ccc(OOSN2C(=O)CCC2=O)cc1. The van der Waals surface area contributed by atoms with Crippen LogP contribution in [0.3, 0.4) is 0 Å². The summed E-state index contributed by atoms with van der Waals surface area (Å²) in [6.07, 6.45) is 0.365. The van der Waals surface area contributed by atoms with Crippen molar-refractivity contribution in [1.29, 1.82) is 0 Å². The van der Waals surface area contributed by atoms with Crippen LogP contribution in [0.25, 0.3) is 0 Å². The molecule has 1 saturated heterocycles. The van der Waals surface area contributed by atoms with Crippen molar-refractivity contribution < 1.29 is 23.6 Å². The van der Waals surface area contributed by atoms with Crippen LogP contribution in [-0.2, 0) is 13.9 Å². The van der Waals surface area contributed by atoms with Crippen molar-refractivity contribution in [2.75, 3.05) is 0 Å². The Balaban J connectivity index is 1.84. The Labute approximate surface area is 117 Å². The molecule has 6 nitrogen and oxygen atoms in total. The van der Waals surface area contributed by atoms with E-state index in [0.717, 1.165) is 4.31 Å². The molecule has 0 bridgehead atoms. The number of imide groups is 1. The molecule has 0 aromatic heterocycles. The van der Waals surface area contributed by atoms with Crippen molar-refractivity contribution in [3.63, 3.8) is 0 Å². The van der Waals surface area contributed by atoms with E-state index in [4.69, 9.17) is 20.8 Å². The molecule has 0 unspecified atom stereocenters. The second-order valence-corrected chi connectivity index (χ2v) is 4.60. The number of carbonyl (C=O) groups excluding carboxylic acids is 3. The Morgan fingerprint density at radius 1 is 1.16 bits per heavy atom. The van der Waals surface area contributed by atoms with Crippen LogP contribution >= 0.6 is 23.8 Å². The van der Waals surface area contributed by atoms with Crippen LogP contribution in [0.2, 0.25) is 0 Å². The molecule has 1 aliphatic heterocycles. The van der Waals surface area contributed by atoms with Gasteiger partial charge in [0.05, 0.1) is 0 Å². The van der Waals surface area contributed by atoms with E-state index >= 15 is 0 Å². The van der Waals surface area contributed by atoms with Gasteiger partial charge in [0.2, 0.25) is 11.8 Å². The van der Waals surface area contributed by atoms with Gasteiger partial charge in [0, 0.05) is 18.4 Å². The average Bonchev–Trinajstić information content (AvgIpc) is 2.71. The van der Waals surface area contributed by atoms with Crippen LogP contribution in [0.1, 0.15) is 23.2 Å². The zero-order valence-corrected chi connectivity index (χ0v) is 11.1. The molecule has 1 heterocycles. The molecule has 0 atom stereocenters. The van der Waals surface area contributed by atoms with Crippen molar-refractivity contribution in [3.8, 4) is 5.75 Å². The van der Waals surface area contributed by atoms with Gasteiger partial charge in [-0.05, 0) is 35.9 Å². The minimum absolute atomic E-state index is 0.182. The number of benzene rings is 1. The summed E-state index contributed by atoms with van der Waals surface area (Å²) >= 11 is 5.81. The molecule has 0 spiro atoms. The van der Waals surface area contributed by atoms with Gasteiger partial charge in [0.25, 0.3) is 5.24 Å². The summed E-state index contributed by atoms with van der Waals surface area (Å²) in [6, 6.07) is 5.88. The Bertz CT molecular complexity index is 502. The Morgan fingerprint density at radius 2 is 1.74 bits per heavy atom. The third-order valence-electron chi connectivity index (χ3n) is 2.32. The number of hydrogen-bond acceptors (Lipinski definition) is 6. The van der Waals surface area contributed by atoms with Gasteiger partial charge >= 0.3 is 0 Å². The van der Waals surface area contributed by atoms with Crippen molar-refractivity contribution in [2.45, 2.75) is 12.8 Å². The predicted octanol–water partition coefficient (Wildman–Crippen LogP) is 2.09. The second kappa shape index (κ2) is 6.05. The highest BCUT2D eigenvalue weighted by Gasteiger charge is 2.31. The van der Waals surface area contributed by atoms with E-state index in [2.05, 4.69) is 0 Å². The van der Waals surface area contributed by atoms with Gasteiger partial charge in [-0.1, -0.05) is 4.33 Å². The van der Waals surface area contributed by atoms with E-state index in [1.807, 2.05) is 0 Å². The first kappa shape index (κ1) is 13.9. The minimum atomic E-state index is -0.574. The van der Waals surface area contributed by atoms with Crippen molar-refractivity contribution >= 4 is 40.9 Å². The lowest BCUT2D eigenvalue weighted by Gasteiger charge is -2.10. The number of nitrogens with zero attached hydrogens (tertiary/aromatic N) is 1. The summed E-state index contributed by atoms with van der Waals surface area (Å²) in [5.74, 6) is -0.323. The number of amides is 2. The molecule has 1 aromatic rings. The highest BCUT2D eigenvalue weighted by atomic mass is 35.5. The normalized spacial score (nSPS) is 14.9. The van der Waals surface area contributed by atoms with E-state index in [1.54, 1.807) is 0 Å². The molecule has 19 heavy (non-hydrogen) atoms. The largest absolute Gasteiger partial charge is 0.324 e. The maximum absolute atomic E-state index is 11.2. The molecule has 2 rings (SSSR count). The maximum Gasteiger partial charge on any atom is 0.252 e. The molecule has 2 amide bonds. The zero-order chi connectivity index (χ0) is 13.8. The zero-order valence-electron chi connectivity index (χ0n) is 9.50. The van der Waals surface area contributed by atoms with Gasteiger partial charge in [-0.2, -0.15) is 4.31 Å². The van der Waals surface area contributed by atoms with E-state index in [1.165, 1.54) is 24.3 Å². The fraction of sp³-hybridized carbons (Fsp3) is 0.182. The summed E-state index contributed by atoms with van der Waals surface area (Å²) in [7, 11) is 0. The standard InChI is InChI=1S/C11H8ClNO5S/c12-11(16)7-1-3-8(4-2-7)17-18-19-13-9(14)5-6-10(13)15/h1-4H,5-6H2. The van der Waals surface area contributed by atoms with Crippen LogP contribution in [0.15, 0.2) is 24.3 Å². The van der Waals surface area contributed by atoms with Crippen LogP contribution in [-0.4, -0.2) is 21.4 Å². The molecular weight excluding hydrogens is 294 g/mol. The number of carbonyl (C=O) groups is 3. The summed E-state index contributed by atoms with van der Waals surface area (Å²) in [6.45, 7) is 0. The van der Waals surface area contributed by atoms with Gasteiger partial charge in [-0.3, -0.25) is 14.4 Å². The highest BCUT2D eigenvalue weighted by Crippen LogP contribution is 2.23. The molecule has 0 aliphatic carbocycles. The summed E-state index contributed by atoms with van der Waals surface area (Å²) in [5, 5.41) is -0.574. The van der Waals surface area contributed by atoms with Crippen molar-refractivity contribution in [2.24, 2.45) is 0 Å². The summed E-state index contributed by atoms with van der Waals surface area (Å²) in [5.41, 5.74) is 0.326. The molecule has 8 heteroatoms. The Kier molecular flexibility index (Phi) is 4.41. The Morgan fingerprint density at radius 3 is 2.26 bits per heavy atom. The first-order chi connectivity index (χ1) is 9.08. The molecule has 0 N–H and O–H groups in total. The molecule has 0 saturated carbocycles. The van der Waals surface area contributed by atoms with Crippen LogP contribution < -0.4 is 4.89 Å². The van der Waals surface area contributed by atoms with Crippen LogP contribution in [0.5, 0.6) is 5.75 Å². The first-order valence-electron chi connectivity index (χ1n) is 5.25. The minimum Gasteiger partial charge on any atom is -0.324 e. The first-order valence-corrected chi connectivity index (χ1v) is 6.32. The quantitative estimate of drug-likeness (QED) is 0.207. The summed E-state index contributed by atoms with van der Waals surface area (Å²) < 4.78 is 5.63. The van der Waals surface area contributed by atoms with Crippen molar-refractivity contribution in [1.82, 2.24) is 4.31 Å². The molecule has 1 fully saturated rings. The van der Waals surface area contributed by atoms with Gasteiger partial charge in [-0.15, -0.1) is 0 Å². The fourth-order valence-electron chi connectivity index (χ4n) is 1.37. The fourth-order valence-corrected chi connectivity index (χ4v) is 2.01. The maximum atomic E-state index is 11.2. The Hall–Kier alpha value is -1.57. The molecular formula is C11H8ClNO5S. The van der Waals surface area contributed by atoms with Gasteiger partial charge in [-0.25, -0.2) is 0 Å². The van der Waals surface area contributed by atoms with E-state index in [0.29, 0.717) is 23.5 Å². The lowest BCUT2D eigenvalue weighted by atomic mass is 10.2. The van der Waals surface area contributed by atoms with E-state index in [-0.39, 0.29) is 24.7 Å². The molecule has 1 aliphatic rings. The monoisotopic (exact) mass is 301 g/mol. The van der Waals surface area contributed by atoms with Crippen LogP contribution in [0.4, 0.5) is 0 Å². The number of rotatable bonds is 5. The van der Waals surface area contributed by atoms with E-state index in [9.17, 15) is 14.4 Å². The topological polar surface area (TPSA) is 72.9 Å². The van der Waals surface area contributed by atoms with Gasteiger partial charge < -0.3 is 4.89 Å². The highest BCUT2D eigenvalue weighted by molar-refractivity contribution is 7.93. The smallest absolute Gasteiger partial charge is 0.252 e. The lowest BCUT2D eigenvalue weighted by Crippen LogP contribution is -2.21. The predicted molar refractivity (Wildman–Crippen MR) is 67.0 cm³/mol. The molecule has 1 aromatic carbocycles. The third kappa shape index (κ3) is 3.46. The van der Waals surface area contributed by atoms with Gasteiger partial charge in [0.15, 0.2) is 18.0 Å². The average molecular weight is 302 g/mol. The third-order valence-corrected chi connectivity index (χ3v) is 3.23. The van der Waals surface area contributed by atoms with Gasteiger partial charge in [0.1, 0.15) is 0 Å². The number of hydrogen-bond donors (Lipinski definition) is 0. The molecule has 100 valence electrons. The second-order valence-electron chi connectivity index (χ2n) is 3.61.